The second-order valence-corrected chi connectivity index (χ2v) is 9.56. The number of nitrogens with one attached hydrogen (secondary N) is 1. The van der Waals surface area contributed by atoms with Crippen LogP contribution in [0, 0.1) is 12.8 Å². The van der Waals surface area contributed by atoms with Crippen LogP contribution in [0.15, 0.2) is 23.1 Å². The first-order chi connectivity index (χ1) is 12.9. The van der Waals surface area contributed by atoms with Crippen LogP contribution in [0.5, 0.6) is 5.75 Å². The molecule has 27 heavy (non-hydrogen) atoms. The van der Waals surface area contributed by atoms with Crippen molar-refractivity contribution in [1.82, 2.24) is 9.62 Å². The lowest BCUT2D eigenvalue weighted by atomic mass is 9.93. The molecule has 2 aliphatic rings. The maximum atomic E-state index is 13.0. The fourth-order valence-electron chi connectivity index (χ4n) is 4.10. The second kappa shape index (κ2) is 8.61. The Morgan fingerprint density at radius 1 is 1.11 bits per heavy atom. The Hall–Kier alpha value is -1.60. The molecule has 0 unspecified atom stereocenters. The third-order valence-corrected chi connectivity index (χ3v) is 7.84. The number of carbonyl (C=O) groups is 1. The molecule has 6 nitrogen and oxygen atoms in total. The van der Waals surface area contributed by atoms with Crippen molar-refractivity contribution in [3.05, 3.63) is 23.8 Å². The highest BCUT2D eigenvalue weighted by Crippen LogP contribution is 2.28. The molecule has 1 N–H and O–H groups in total. The minimum Gasteiger partial charge on any atom is -0.497 e. The van der Waals surface area contributed by atoms with E-state index in [1.807, 2.05) is 0 Å². The minimum absolute atomic E-state index is 0.0876. The van der Waals surface area contributed by atoms with Gasteiger partial charge in [0.15, 0.2) is 0 Å². The highest BCUT2D eigenvalue weighted by atomic mass is 32.2. The Labute approximate surface area is 162 Å². The molecule has 1 heterocycles. The largest absolute Gasteiger partial charge is 0.497 e. The molecular formula is C20H30N2O4S. The predicted molar refractivity (Wildman–Crippen MR) is 104 cm³/mol. The molecule has 1 aromatic carbocycles. The summed E-state index contributed by atoms with van der Waals surface area (Å²) in [6, 6.07) is 5.31. The van der Waals surface area contributed by atoms with Crippen LogP contribution in [0.1, 0.15) is 50.5 Å². The molecule has 1 saturated heterocycles. The molecule has 1 aliphatic carbocycles. The van der Waals surface area contributed by atoms with Gasteiger partial charge in [0.2, 0.25) is 15.9 Å². The van der Waals surface area contributed by atoms with Gasteiger partial charge in [-0.15, -0.1) is 0 Å². The number of rotatable bonds is 5. The predicted octanol–water partition coefficient (Wildman–Crippen LogP) is 2.85. The number of ether oxygens (including phenoxy) is 1. The van der Waals surface area contributed by atoms with Crippen LogP contribution >= 0.6 is 0 Å². The summed E-state index contributed by atoms with van der Waals surface area (Å²) >= 11 is 0. The Morgan fingerprint density at radius 2 is 1.78 bits per heavy atom. The van der Waals surface area contributed by atoms with Crippen molar-refractivity contribution in [2.24, 2.45) is 5.92 Å². The molecule has 1 saturated carbocycles. The van der Waals surface area contributed by atoms with Crippen LogP contribution in [-0.4, -0.2) is 44.9 Å². The normalized spacial score (nSPS) is 20.4. The molecule has 0 bridgehead atoms. The van der Waals surface area contributed by atoms with Gasteiger partial charge in [-0.2, -0.15) is 4.31 Å². The quantitative estimate of drug-likeness (QED) is 0.833. The number of aryl methyl sites for hydroxylation is 1. The maximum Gasteiger partial charge on any atom is 0.243 e. The second-order valence-electron chi connectivity index (χ2n) is 7.65. The molecule has 0 spiro atoms. The van der Waals surface area contributed by atoms with Gasteiger partial charge in [-0.05, 0) is 56.4 Å². The average molecular weight is 395 g/mol. The molecule has 0 radical (unpaired) electrons. The lowest BCUT2D eigenvalue weighted by Gasteiger charge is -2.32. The van der Waals surface area contributed by atoms with Gasteiger partial charge in [0.1, 0.15) is 5.75 Å². The van der Waals surface area contributed by atoms with Gasteiger partial charge in [-0.1, -0.05) is 19.3 Å². The molecule has 2 fully saturated rings. The van der Waals surface area contributed by atoms with Crippen molar-refractivity contribution in [1.29, 1.82) is 0 Å². The number of benzene rings is 1. The Balaban J connectivity index is 1.60. The van der Waals surface area contributed by atoms with E-state index >= 15 is 0 Å². The fourth-order valence-corrected chi connectivity index (χ4v) is 5.78. The lowest BCUT2D eigenvalue weighted by Crippen LogP contribution is -2.45. The first kappa shape index (κ1) is 20.1. The summed E-state index contributed by atoms with van der Waals surface area (Å²) < 4.78 is 32.6. The zero-order valence-electron chi connectivity index (χ0n) is 16.2. The summed E-state index contributed by atoms with van der Waals surface area (Å²) in [5.74, 6) is 0.652. The number of nitrogens with zero attached hydrogens (tertiary/aromatic N) is 1. The molecule has 1 aliphatic heterocycles. The first-order valence-electron chi connectivity index (χ1n) is 9.87. The molecule has 7 heteroatoms. The lowest BCUT2D eigenvalue weighted by molar-refractivity contribution is -0.127. The number of piperidine rings is 1. The standard InChI is InChI=1S/C20H30N2O4S/c1-15-14-18(26-2)8-9-19(15)27(24,25)22-12-10-16(11-13-22)20(23)21-17-6-4-3-5-7-17/h8-9,14,16-17H,3-7,10-13H2,1-2H3,(H,21,23). The van der Waals surface area contributed by atoms with E-state index in [0.717, 1.165) is 12.8 Å². The van der Waals surface area contributed by atoms with Crippen LogP contribution in [0.4, 0.5) is 0 Å². The van der Waals surface area contributed by atoms with E-state index in [9.17, 15) is 13.2 Å². The monoisotopic (exact) mass is 394 g/mol. The van der Waals surface area contributed by atoms with Crippen molar-refractivity contribution in [2.75, 3.05) is 20.2 Å². The summed E-state index contributed by atoms with van der Waals surface area (Å²) in [6.07, 6.45) is 6.91. The summed E-state index contributed by atoms with van der Waals surface area (Å²) in [7, 11) is -1.99. The van der Waals surface area contributed by atoms with Gasteiger partial charge in [-0.3, -0.25) is 4.79 Å². The number of hydrogen-bond donors (Lipinski definition) is 1. The van der Waals surface area contributed by atoms with Gasteiger partial charge < -0.3 is 10.1 Å². The SMILES string of the molecule is COc1ccc(S(=O)(=O)N2CCC(C(=O)NC3CCCCC3)CC2)c(C)c1. The van der Waals surface area contributed by atoms with Gasteiger partial charge in [0.05, 0.1) is 12.0 Å². The fraction of sp³-hybridized carbons (Fsp3) is 0.650. The summed E-state index contributed by atoms with van der Waals surface area (Å²) in [6.45, 7) is 2.55. The Bertz CT molecular complexity index is 764. The average Bonchev–Trinajstić information content (AvgIpc) is 2.68. The molecule has 0 atom stereocenters. The van der Waals surface area contributed by atoms with E-state index in [4.69, 9.17) is 4.74 Å². The van der Waals surface area contributed by atoms with Crippen molar-refractivity contribution < 1.29 is 17.9 Å². The highest BCUT2D eigenvalue weighted by Gasteiger charge is 2.33. The summed E-state index contributed by atoms with van der Waals surface area (Å²) in [5, 5.41) is 3.17. The van der Waals surface area contributed by atoms with E-state index in [0.29, 0.717) is 48.2 Å². The summed E-state index contributed by atoms with van der Waals surface area (Å²) in [5.41, 5.74) is 0.673. The number of hydrogen-bond acceptors (Lipinski definition) is 4. The zero-order valence-corrected chi connectivity index (χ0v) is 17.1. The van der Waals surface area contributed by atoms with E-state index in [1.165, 1.54) is 23.6 Å². The Morgan fingerprint density at radius 3 is 2.37 bits per heavy atom. The highest BCUT2D eigenvalue weighted by molar-refractivity contribution is 7.89. The number of sulfonamides is 1. The third-order valence-electron chi connectivity index (χ3n) is 5.78. The molecular weight excluding hydrogens is 364 g/mol. The van der Waals surface area contributed by atoms with Crippen LogP contribution in [0.25, 0.3) is 0 Å². The van der Waals surface area contributed by atoms with E-state index < -0.39 is 10.0 Å². The maximum absolute atomic E-state index is 13.0. The van der Waals surface area contributed by atoms with E-state index in [-0.39, 0.29) is 11.8 Å². The number of carbonyl (C=O) groups excluding carboxylic acids is 1. The molecule has 1 amide bonds. The van der Waals surface area contributed by atoms with Crippen LogP contribution in [-0.2, 0) is 14.8 Å². The first-order valence-corrected chi connectivity index (χ1v) is 11.3. The van der Waals surface area contributed by atoms with E-state index in [2.05, 4.69) is 5.32 Å². The third kappa shape index (κ3) is 4.63. The van der Waals surface area contributed by atoms with Crippen molar-refractivity contribution in [3.8, 4) is 5.75 Å². The van der Waals surface area contributed by atoms with E-state index in [1.54, 1.807) is 32.2 Å². The number of amides is 1. The molecule has 150 valence electrons. The molecule has 3 rings (SSSR count). The van der Waals surface area contributed by atoms with Gasteiger partial charge in [0, 0.05) is 25.0 Å². The molecule has 0 aromatic heterocycles. The van der Waals surface area contributed by atoms with Crippen LogP contribution < -0.4 is 10.1 Å². The zero-order chi connectivity index (χ0) is 19.4. The minimum atomic E-state index is -3.55. The Kier molecular flexibility index (Phi) is 6.42. The van der Waals surface area contributed by atoms with Gasteiger partial charge in [0.25, 0.3) is 0 Å². The topological polar surface area (TPSA) is 75.7 Å². The smallest absolute Gasteiger partial charge is 0.243 e. The van der Waals surface area contributed by atoms with Crippen LogP contribution in [0.3, 0.4) is 0 Å². The number of methoxy groups -OCH3 is 1. The van der Waals surface area contributed by atoms with Crippen molar-refractivity contribution in [3.63, 3.8) is 0 Å². The van der Waals surface area contributed by atoms with Gasteiger partial charge in [-0.25, -0.2) is 8.42 Å². The van der Waals surface area contributed by atoms with Gasteiger partial charge >= 0.3 is 0 Å². The van der Waals surface area contributed by atoms with Crippen molar-refractivity contribution in [2.45, 2.75) is 62.8 Å². The summed E-state index contributed by atoms with van der Waals surface area (Å²) in [4.78, 5) is 12.8. The van der Waals surface area contributed by atoms with Crippen molar-refractivity contribution >= 4 is 15.9 Å². The molecule has 1 aromatic rings. The van der Waals surface area contributed by atoms with Crippen LogP contribution in [0.2, 0.25) is 0 Å².